The number of rotatable bonds is 4. The number of ether oxygens (including phenoxy) is 1. The van der Waals surface area contributed by atoms with Gasteiger partial charge in [-0.25, -0.2) is 8.78 Å². The van der Waals surface area contributed by atoms with Crippen molar-refractivity contribution in [2.24, 2.45) is 0 Å². The van der Waals surface area contributed by atoms with Crippen molar-refractivity contribution in [3.05, 3.63) is 29.6 Å². The molecule has 0 aliphatic carbocycles. The maximum atomic E-state index is 13.6. The van der Waals surface area contributed by atoms with Gasteiger partial charge >= 0.3 is 0 Å². The summed E-state index contributed by atoms with van der Waals surface area (Å²) in [6.45, 7) is 4.06. The first-order valence-electron chi connectivity index (χ1n) is 5.73. The Labute approximate surface area is 108 Å². The summed E-state index contributed by atoms with van der Waals surface area (Å²) >= 11 is 0. The molecule has 0 spiro atoms. The van der Waals surface area contributed by atoms with Crippen LogP contribution < -0.4 is 5.73 Å². The van der Waals surface area contributed by atoms with Gasteiger partial charge in [0.05, 0.1) is 11.3 Å². The smallest absolute Gasteiger partial charge is 0.261 e. The SMILES string of the molecule is CCOC(C)c1noc(-c2cc(N)c(F)cc2F)n1. The average molecular weight is 269 g/mol. The Morgan fingerprint density at radius 2 is 2.11 bits per heavy atom. The van der Waals surface area contributed by atoms with Crippen LogP contribution >= 0.6 is 0 Å². The minimum absolute atomic E-state index is 0.0404. The summed E-state index contributed by atoms with van der Waals surface area (Å²) < 4.78 is 36.9. The van der Waals surface area contributed by atoms with Crippen molar-refractivity contribution in [2.45, 2.75) is 20.0 Å². The third kappa shape index (κ3) is 2.70. The molecule has 0 amide bonds. The Balaban J connectivity index is 2.35. The molecule has 5 nitrogen and oxygen atoms in total. The van der Waals surface area contributed by atoms with Gasteiger partial charge in [-0.3, -0.25) is 0 Å². The van der Waals surface area contributed by atoms with Crippen molar-refractivity contribution in [1.29, 1.82) is 0 Å². The van der Waals surface area contributed by atoms with Crippen molar-refractivity contribution < 1.29 is 18.0 Å². The predicted molar refractivity (Wildman–Crippen MR) is 64.1 cm³/mol. The maximum absolute atomic E-state index is 13.6. The molecule has 2 aromatic rings. The van der Waals surface area contributed by atoms with E-state index < -0.39 is 11.6 Å². The summed E-state index contributed by atoms with van der Waals surface area (Å²) in [7, 11) is 0. The monoisotopic (exact) mass is 269 g/mol. The third-order valence-corrected chi connectivity index (χ3v) is 2.54. The van der Waals surface area contributed by atoms with Crippen LogP contribution in [0.4, 0.5) is 14.5 Å². The standard InChI is InChI=1S/C12H13F2N3O2/c1-3-18-6(2)11-16-12(19-17-11)7-4-10(15)9(14)5-8(7)13/h4-6H,3,15H2,1-2H3. The highest BCUT2D eigenvalue weighted by Crippen LogP contribution is 2.26. The molecule has 2 rings (SSSR count). The molecule has 0 bridgehead atoms. The van der Waals surface area contributed by atoms with Crippen LogP contribution in [0.2, 0.25) is 0 Å². The molecule has 7 heteroatoms. The second-order valence-electron chi connectivity index (χ2n) is 3.91. The molecule has 1 aromatic heterocycles. The van der Waals surface area contributed by atoms with Gasteiger partial charge in [0.25, 0.3) is 5.89 Å². The molecule has 102 valence electrons. The van der Waals surface area contributed by atoms with Crippen LogP contribution in [-0.2, 0) is 4.74 Å². The highest BCUT2D eigenvalue weighted by molar-refractivity contribution is 5.61. The molecule has 0 saturated carbocycles. The molecular formula is C12H13F2N3O2. The number of nitrogens with two attached hydrogens (primary N) is 1. The fourth-order valence-electron chi connectivity index (χ4n) is 1.56. The van der Waals surface area contributed by atoms with Gasteiger partial charge in [-0.15, -0.1) is 0 Å². The molecule has 1 aromatic carbocycles. The summed E-state index contributed by atoms with van der Waals surface area (Å²) in [5, 5.41) is 3.69. The molecular weight excluding hydrogens is 256 g/mol. The second-order valence-corrected chi connectivity index (χ2v) is 3.91. The van der Waals surface area contributed by atoms with Gasteiger partial charge < -0.3 is 15.0 Å². The minimum atomic E-state index is -0.830. The molecule has 19 heavy (non-hydrogen) atoms. The van der Waals surface area contributed by atoms with Crippen molar-refractivity contribution in [2.75, 3.05) is 12.3 Å². The number of nitrogens with zero attached hydrogens (tertiary/aromatic N) is 2. The average Bonchev–Trinajstić information content (AvgIpc) is 2.83. The molecule has 1 atom stereocenters. The first kappa shape index (κ1) is 13.4. The van der Waals surface area contributed by atoms with Crippen LogP contribution in [0.1, 0.15) is 25.8 Å². The number of hydrogen-bond donors (Lipinski definition) is 1. The van der Waals surface area contributed by atoms with Gasteiger partial charge in [-0.2, -0.15) is 4.98 Å². The maximum Gasteiger partial charge on any atom is 0.261 e. The molecule has 0 saturated heterocycles. The molecule has 0 fully saturated rings. The Bertz CT molecular complexity index is 586. The summed E-state index contributed by atoms with van der Waals surface area (Å²) in [4.78, 5) is 4.01. The summed E-state index contributed by atoms with van der Waals surface area (Å²) in [5.74, 6) is -1.42. The van der Waals surface area contributed by atoms with E-state index in [0.29, 0.717) is 18.5 Å². The highest BCUT2D eigenvalue weighted by atomic mass is 19.1. The van der Waals surface area contributed by atoms with E-state index in [2.05, 4.69) is 10.1 Å². The van der Waals surface area contributed by atoms with Gasteiger partial charge in [-0.1, -0.05) is 5.16 Å². The topological polar surface area (TPSA) is 74.2 Å². The zero-order valence-electron chi connectivity index (χ0n) is 10.5. The van der Waals surface area contributed by atoms with Gasteiger partial charge in [0.1, 0.15) is 17.7 Å². The van der Waals surface area contributed by atoms with E-state index >= 15 is 0 Å². The van der Waals surface area contributed by atoms with Gasteiger partial charge in [0.2, 0.25) is 5.82 Å². The van der Waals surface area contributed by atoms with E-state index in [1.807, 2.05) is 6.92 Å². The van der Waals surface area contributed by atoms with E-state index in [1.165, 1.54) is 0 Å². The Kier molecular flexibility index (Phi) is 3.75. The lowest BCUT2D eigenvalue weighted by atomic mass is 10.2. The number of halogens is 2. The van der Waals surface area contributed by atoms with Gasteiger partial charge in [0, 0.05) is 12.7 Å². The minimum Gasteiger partial charge on any atom is -0.396 e. The molecule has 1 unspecified atom stereocenters. The van der Waals surface area contributed by atoms with E-state index in [4.69, 9.17) is 15.0 Å². The third-order valence-electron chi connectivity index (χ3n) is 2.54. The Morgan fingerprint density at radius 1 is 1.37 bits per heavy atom. The van der Waals surface area contributed by atoms with Crippen LogP contribution in [0.15, 0.2) is 16.7 Å². The lowest BCUT2D eigenvalue weighted by molar-refractivity contribution is 0.0683. The van der Waals surface area contributed by atoms with Crippen LogP contribution in [0.5, 0.6) is 0 Å². The number of benzene rings is 1. The lowest BCUT2D eigenvalue weighted by Gasteiger charge is -2.04. The van der Waals surface area contributed by atoms with Crippen molar-refractivity contribution in [3.63, 3.8) is 0 Å². The Morgan fingerprint density at radius 3 is 2.79 bits per heavy atom. The van der Waals surface area contributed by atoms with Crippen LogP contribution in [-0.4, -0.2) is 16.7 Å². The number of nitrogen functional groups attached to an aromatic ring is 1. The first-order chi connectivity index (χ1) is 9.02. The molecule has 0 aliphatic heterocycles. The fraction of sp³-hybridized carbons (Fsp3) is 0.333. The normalized spacial score (nSPS) is 12.6. The van der Waals surface area contributed by atoms with Crippen LogP contribution in [0.3, 0.4) is 0 Å². The van der Waals surface area contributed by atoms with Crippen LogP contribution in [0, 0.1) is 11.6 Å². The predicted octanol–water partition coefficient (Wildman–Crippen LogP) is 2.69. The van der Waals surface area contributed by atoms with Crippen molar-refractivity contribution >= 4 is 5.69 Å². The fourth-order valence-corrected chi connectivity index (χ4v) is 1.56. The van der Waals surface area contributed by atoms with E-state index in [1.54, 1.807) is 6.92 Å². The molecule has 0 aliphatic rings. The Hall–Kier alpha value is -2.02. The van der Waals surface area contributed by atoms with E-state index in [9.17, 15) is 8.78 Å². The highest BCUT2D eigenvalue weighted by Gasteiger charge is 2.18. The quantitative estimate of drug-likeness (QED) is 0.864. The van der Waals surface area contributed by atoms with Crippen LogP contribution in [0.25, 0.3) is 11.5 Å². The van der Waals surface area contributed by atoms with Gasteiger partial charge in [-0.05, 0) is 19.9 Å². The van der Waals surface area contributed by atoms with Crippen molar-refractivity contribution in [3.8, 4) is 11.5 Å². The first-order valence-corrected chi connectivity index (χ1v) is 5.73. The second kappa shape index (κ2) is 5.31. The van der Waals surface area contributed by atoms with E-state index in [0.717, 1.165) is 6.07 Å². The number of anilines is 1. The zero-order valence-corrected chi connectivity index (χ0v) is 10.5. The molecule has 1 heterocycles. The van der Waals surface area contributed by atoms with E-state index in [-0.39, 0.29) is 23.2 Å². The largest absolute Gasteiger partial charge is 0.396 e. The van der Waals surface area contributed by atoms with Crippen molar-refractivity contribution in [1.82, 2.24) is 10.1 Å². The molecule has 2 N–H and O–H groups in total. The summed E-state index contributed by atoms with van der Waals surface area (Å²) in [6, 6.07) is 1.80. The van der Waals surface area contributed by atoms with Gasteiger partial charge in [0.15, 0.2) is 0 Å². The number of hydrogen-bond acceptors (Lipinski definition) is 5. The zero-order chi connectivity index (χ0) is 14.0. The lowest BCUT2D eigenvalue weighted by Crippen LogP contribution is -2.01. The molecule has 0 radical (unpaired) electrons. The summed E-state index contributed by atoms with van der Waals surface area (Å²) in [6.07, 6.45) is -0.372. The number of aromatic nitrogens is 2. The summed E-state index contributed by atoms with van der Waals surface area (Å²) in [5.41, 5.74) is 5.16.